The molecule has 1 aliphatic carbocycles. The van der Waals surface area contributed by atoms with Crippen molar-refractivity contribution in [1.82, 2.24) is 20.1 Å². The van der Waals surface area contributed by atoms with Crippen LogP contribution < -0.4 is 5.32 Å². The minimum absolute atomic E-state index is 0.0119. The third-order valence-corrected chi connectivity index (χ3v) is 7.21. The zero-order valence-corrected chi connectivity index (χ0v) is 17.9. The van der Waals surface area contributed by atoms with Gasteiger partial charge in [-0.15, -0.1) is 0 Å². The Bertz CT molecular complexity index is 792. The van der Waals surface area contributed by atoms with E-state index in [1.165, 1.54) is 37.0 Å². The maximum absolute atomic E-state index is 13.2. The molecule has 2 atom stereocenters. The van der Waals surface area contributed by atoms with Crippen LogP contribution in [0.25, 0.3) is 0 Å². The molecule has 3 fully saturated rings. The lowest BCUT2D eigenvalue weighted by atomic mass is 9.78. The molecule has 7 heteroatoms. The van der Waals surface area contributed by atoms with Crippen molar-refractivity contribution in [2.75, 3.05) is 20.1 Å². The lowest BCUT2D eigenvalue weighted by molar-refractivity contribution is -0.131. The Morgan fingerprint density at radius 3 is 2.70 bits per heavy atom. The van der Waals surface area contributed by atoms with Gasteiger partial charge in [0, 0.05) is 26.3 Å². The van der Waals surface area contributed by atoms with Crippen LogP contribution in [0.1, 0.15) is 68.3 Å². The van der Waals surface area contributed by atoms with E-state index in [0.29, 0.717) is 31.1 Å². The lowest BCUT2D eigenvalue weighted by Gasteiger charge is -2.32. The monoisotopic (exact) mass is 411 g/mol. The van der Waals surface area contributed by atoms with Crippen LogP contribution >= 0.6 is 0 Å². The quantitative estimate of drug-likeness (QED) is 0.753. The van der Waals surface area contributed by atoms with Crippen molar-refractivity contribution in [2.24, 2.45) is 11.8 Å². The standard InChI is InChI=1S/C23H33N5O2/c1-27-21(30)23(26-22(27)24,12-10-17-7-3-2-4-8-17)15-18-11-14-28(16-18)20(29)19-9-5-6-13-25-19/h5-6,9,13,17-18H,2-4,7-8,10-12,14-16H2,1H3,(H2,24,26)/t18-,23-/m0/s1. The molecule has 0 spiro atoms. The van der Waals surface area contributed by atoms with E-state index in [1.54, 1.807) is 19.3 Å². The summed E-state index contributed by atoms with van der Waals surface area (Å²) in [6.45, 7) is 1.34. The molecular formula is C23H33N5O2. The first-order valence-corrected chi connectivity index (χ1v) is 11.3. The van der Waals surface area contributed by atoms with Gasteiger partial charge in [0.05, 0.1) is 0 Å². The summed E-state index contributed by atoms with van der Waals surface area (Å²) < 4.78 is 0. The zero-order valence-electron chi connectivity index (χ0n) is 17.9. The number of amides is 2. The maximum Gasteiger partial charge on any atom is 0.272 e. The molecule has 0 bridgehead atoms. The molecule has 0 unspecified atom stereocenters. The molecule has 0 aromatic carbocycles. The van der Waals surface area contributed by atoms with E-state index in [1.807, 2.05) is 17.0 Å². The molecule has 162 valence electrons. The fourth-order valence-electron chi connectivity index (χ4n) is 5.45. The number of guanidine groups is 1. The van der Waals surface area contributed by atoms with Gasteiger partial charge >= 0.3 is 0 Å². The van der Waals surface area contributed by atoms with Crippen molar-refractivity contribution in [3.8, 4) is 0 Å². The largest absolute Gasteiger partial charge is 0.342 e. The number of likely N-dealkylation sites (N-methyl/N-ethyl adjacent to an activating group) is 1. The number of rotatable bonds is 6. The highest BCUT2D eigenvalue weighted by atomic mass is 16.2. The van der Waals surface area contributed by atoms with Crippen LogP contribution in [-0.4, -0.2) is 58.2 Å². The number of carbonyl (C=O) groups is 2. The molecule has 4 rings (SSSR count). The number of aromatic nitrogens is 1. The Balaban J connectivity index is 1.42. The Kier molecular flexibility index (Phi) is 6.06. The van der Waals surface area contributed by atoms with Crippen molar-refractivity contribution in [1.29, 1.82) is 5.41 Å². The summed E-state index contributed by atoms with van der Waals surface area (Å²) in [5.74, 6) is 1.11. The van der Waals surface area contributed by atoms with Crippen molar-refractivity contribution < 1.29 is 9.59 Å². The van der Waals surface area contributed by atoms with Gasteiger partial charge in [0.25, 0.3) is 11.8 Å². The van der Waals surface area contributed by atoms with Crippen molar-refractivity contribution >= 4 is 17.8 Å². The highest BCUT2D eigenvalue weighted by molar-refractivity contribution is 6.07. The predicted molar refractivity (Wildman–Crippen MR) is 115 cm³/mol. The Morgan fingerprint density at radius 1 is 1.23 bits per heavy atom. The van der Waals surface area contributed by atoms with E-state index in [0.717, 1.165) is 19.3 Å². The maximum atomic E-state index is 13.2. The first-order valence-electron chi connectivity index (χ1n) is 11.3. The Hall–Kier alpha value is -2.44. The normalized spacial score (nSPS) is 27.6. The van der Waals surface area contributed by atoms with Gasteiger partial charge in [0.2, 0.25) is 0 Å². The number of hydrogen-bond acceptors (Lipinski definition) is 4. The summed E-state index contributed by atoms with van der Waals surface area (Å²) in [6, 6.07) is 5.39. The summed E-state index contributed by atoms with van der Waals surface area (Å²) >= 11 is 0. The Morgan fingerprint density at radius 2 is 2.03 bits per heavy atom. The fourth-order valence-corrected chi connectivity index (χ4v) is 5.45. The SMILES string of the molecule is CN1C(=N)N[C@@](CCC2CCCCC2)(C[C@@H]2CCN(C(=O)c3ccccn3)C2)C1=O. The van der Waals surface area contributed by atoms with E-state index < -0.39 is 5.54 Å². The molecule has 1 aromatic rings. The topological polar surface area (TPSA) is 89.4 Å². The predicted octanol–water partition coefficient (Wildman–Crippen LogP) is 3.03. The van der Waals surface area contributed by atoms with Gasteiger partial charge in [-0.3, -0.25) is 24.9 Å². The second-order valence-electron chi connectivity index (χ2n) is 9.29. The van der Waals surface area contributed by atoms with Crippen LogP contribution in [0.15, 0.2) is 24.4 Å². The summed E-state index contributed by atoms with van der Waals surface area (Å²) in [4.78, 5) is 33.4. The molecule has 2 saturated heterocycles. The molecule has 30 heavy (non-hydrogen) atoms. The number of pyridine rings is 1. The second kappa shape index (κ2) is 8.74. The van der Waals surface area contributed by atoms with Gasteiger partial charge < -0.3 is 10.2 Å². The van der Waals surface area contributed by atoms with Crippen LogP contribution in [0.5, 0.6) is 0 Å². The molecule has 3 aliphatic rings. The van der Waals surface area contributed by atoms with E-state index in [-0.39, 0.29) is 23.7 Å². The number of nitrogens with zero attached hydrogens (tertiary/aromatic N) is 3. The van der Waals surface area contributed by atoms with Crippen LogP contribution in [0, 0.1) is 17.2 Å². The molecule has 2 amide bonds. The summed E-state index contributed by atoms with van der Waals surface area (Å²) in [5, 5.41) is 11.4. The number of nitrogens with one attached hydrogen (secondary N) is 2. The van der Waals surface area contributed by atoms with Gasteiger partial charge in [-0.1, -0.05) is 38.2 Å². The average Bonchev–Trinajstić information content (AvgIpc) is 3.32. The van der Waals surface area contributed by atoms with Crippen molar-refractivity contribution in [3.05, 3.63) is 30.1 Å². The van der Waals surface area contributed by atoms with Crippen molar-refractivity contribution in [3.63, 3.8) is 0 Å². The van der Waals surface area contributed by atoms with Crippen LogP contribution in [0.4, 0.5) is 0 Å². The average molecular weight is 412 g/mol. The first-order chi connectivity index (χ1) is 14.5. The van der Waals surface area contributed by atoms with E-state index in [9.17, 15) is 9.59 Å². The summed E-state index contributed by atoms with van der Waals surface area (Å²) in [7, 11) is 1.69. The van der Waals surface area contributed by atoms with Crippen LogP contribution in [0.3, 0.4) is 0 Å². The second-order valence-corrected chi connectivity index (χ2v) is 9.29. The number of carbonyl (C=O) groups excluding carboxylic acids is 2. The van der Waals surface area contributed by atoms with Gasteiger partial charge in [-0.05, 0) is 49.7 Å². The molecule has 1 aromatic heterocycles. The third-order valence-electron chi connectivity index (χ3n) is 7.21. The molecule has 0 radical (unpaired) electrons. The van der Waals surface area contributed by atoms with Gasteiger partial charge in [0.15, 0.2) is 5.96 Å². The molecule has 2 N–H and O–H groups in total. The Labute approximate surface area is 178 Å². The van der Waals surface area contributed by atoms with Crippen molar-refractivity contribution in [2.45, 2.75) is 63.3 Å². The molecular weight excluding hydrogens is 378 g/mol. The number of hydrogen-bond donors (Lipinski definition) is 2. The molecule has 2 aliphatic heterocycles. The van der Waals surface area contributed by atoms with Gasteiger partial charge in [-0.25, -0.2) is 0 Å². The smallest absolute Gasteiger partial charge is 0.272 e. The van der Waals surface area contributed by atoms with Gasteiger partial charge in [0.1, 0.15) is 11.2 Å². The highest BCUT2D eigenvalue weighted by Gasteiger charge is 2.49. The van der Waals surface area contributed by atoms with E-state index in [2.05, 4.69) is 10.3 Å². The molecule has 1 saturated carbocycles. The first kappa shape index (κ1) is 20.8. The van der Waals surface area contributed by atoms with E-state index in [4.69, 9.17) is 5.41 Å². The summed E-state index contributed by atoms with van der Waals surface area (Å²) in [6.07, 6.45) is 11.4. The van der Waals surface area contributed by atoms with Crippen LogP contribution in [-0.2, 0) is 4.79 Å². The lowest BCUT2D eigenvalue weighted by Crippen LogP contribution is -2.49. The van der Waals surface area contributed by atoms with Gasteiger partial charge in [-0.2, -0.15) is 0 Å². The molecule has 3 heterocycles. The minimum atomic E-state index is -0.696. The molecule has 7 nitrogen and oxygen atoms in total. The minimum Gasteiger partial charge on any atom is -0.342 e. The fraction of sp³-hybridized carbons (Fsp3) is 0.652. The highest BCUT2D eigenvalue weighted by Crippen LogP contribution is 2.36. The van der Waals surface area contributed by atoms with E-state index >= 15 is 0 Å². The zero-order chi connectivity index (χ0) is 21.1. The van der Waals surface area contributed by atoms with Crippen LogP contribution in [0.2, 0.25) is 0 Å². The summed E-state index contributed by atoms with van der Waals surface area (Å²) in [5.41, 5.74) is -0.223. The third kappa shape index (κ3) is 4.20. The number of likely N-dealkylation sites (tertiary alicyclic amines) is 1.